The molecule has 2 N–H and O–H groups in total. The summed E-state index contributed by atoms with van der Waals surface area (Å²) in [5.41, 5.74) is 3.37. The maximum absolute atomic E-state index is 13.8. The Labute approximate surface area is 158 Å². The standard InChI is InChI=1S/C21H26N2O4/c1-27-21(25)19-15-10-17-20-14(13-4-2-3-5-16(13)22-20)8-9-23(17,26)11-12(15)6-7-18(19)24/h2-5,12,15,17-19,22,24H,6-11H2,1H3. The van der Waals surface area contributed by atoms with Gasteiger partial charge in [0.25, 0.3) is 0 Å². The van der Waals surface area contributed by atoms with E-state index in [1.54, 1.807) is 0 Å². The number of aliphatic hydroxyl groups is 1. The Morgan fingerprint density at radius 2 is 2.15 bits per heavy atom. The van der Waals surface area contributed by atoms with Crippen LogP contribution in [-0.4, -0.2) is 47.0 Å². The van der Waals surface area contributed by atoms with Gasteiger partial charge in [0.2, 0.25) is 0 Å². The molecule has 27 heavy (non-hydrogen) atoms. The third-order valence-corrected chi connectivity index (χ3v) is 7.32. The van der Waals surface area contributed by atoms with Crippen LogP contribution in [0.3, 0.4) is 0 Å². The third kappa shape index (κ3) is 2.47. The Balaban J connectivity index is 1.56. The van der Waals surface area contributed by atoms with E-state index >= 15 is 0 Å². The van der Waals surface area contributed by atoms with E-state index in [-0.39, 0.29) is 28.5 Å². The first-order chi connectivity index (χ1) is 13.0. The number of piperidine rings is 1. The fraction of sp³-hybridized carbons (Fsp3) is 0.571. The first-order valence-electron chi connectivity index (χ1n) is 9.95. The van der Waals surface area contributed by atoms with Gasteiger partial charge in [0, 0.05) is 29.7 Å². The van der Waals surface area contributed by atoms with Crippen molar-refractivity contribution in [2.45, 2.75) is 37.8 Å². The Morgan fingerprint density at radius 1 is 1.33 bits per heavy atom. The van der Waals surface area contributed by atoms with Gasteiger partial charge in [-0.25, -0.2) is 0 Å². The van der Waals surface area contributed by atoms with Crippen molar-refractivity contribution in [1.82, 2.24) is 4.98 Å². The highest BCUT2D eigenvalue weighted by molar-refractivity contribution is 5.85. The van der Waals surface area contributed by atoms with Gasteiger partial charge in [0.1, 0.15) is 6.04 Å². The van der Waals surface area contributed by atoms with Crippen LogP contribution in [0.4, 0.5) is 0 Å². The largest absolute Gasteiger partial charge is 0.632 e. The minimum absolute atomic E-state index is 0.00348. The maximum atomic E-state index is 13.8. The number of para-hydroxylation sites is 1. The van der Waals surface area contributed by atoms with Gasteiger partial charge in [-0.1, -0.05) is 18.2 Å². The second-order valence-corrected chi connectivity index (χ2v) is 8.54. The molecule has 2 aliphatic heterocycles. The Hall–Kier alpha value is -1.89. The van der Waals surface area contributed by atoms with Gasteiger partial charge >= 0.3 is 5.97 Å². The predicted molar refractivity (Wildman–Crippen MR) is 100 cm³/mol. The van der Waals surface area contributed by atoms with Crippen LogP contribution in [-0.2, 0) is 16.0 Å². The van der Waals surface area contributed by atoms with Crippen LogP contribution < -0.4 is 0 Å². The summed E-state index contributed by atoms with van der Waals surface area (Å²) < 4.78 is 4.79. The van der Waals surface area contributed by atoms with E-state index < -0.39 is 12.0 Å². The summed E-state index contributed by atoms with van der Waals surface area (Å²) >= 11 is 0. The van der Waals surface area contributed by atoms with Crippen molar-refractivity contribution in [3.63, 3.8) is 0 Å². The summed E-state index contributed by atoms with van der Waals surface area (Å²) in [4.78, 5) is 15.9. The normalized spacial score (nSPS) is 38.0. The summed E-state index contributed by atoms with van der Waals surface area (Å²) in [6.45, 7) is 1.12. The van der Waals surface area contributed by atoms with Crippen molar-refractivity contribution < 1.29 is 19.3 Å². The molecule has 6 heteroatoms. The molecule has 6 atom stereocenters. The molecule has 2 fully saturated rings. The molecule has 1 aromatic heterocycles. The van der Waals surface area contributed by atoms with E-state index in [2.05, 4.69) is 17.1 Å². The van der Waals surface area contributed by atoms with Crippen LogP contribution in [0.2, 0.25) is 0 Å². The molecule has 0 bridgehead atoms. The van der Waals surface area contributed by atoms with Crippen LogP contribution in [0.25, 0.3) is 10.9 Å². The zero-order chi connectivity index (χ0) is 18.8. The van der Waals surface area contributed by atoms with Crippen molar-refractivity contribution in [3.8, 4) is 0 Å². The monoisotopic (exact) mass is 370 g/mol. The number of hydroxylamine groups is 3. The molecule has 5 rings (SSSR count). The maximum Gasteiger partial charge on any atom is 0.311 e. The highest BCUT2D eigenvalue weighted by Crippen LogP contribution is 2.52. The quantitative estimate of drug-likeness (QED) is 0.459. The molecule has 6 nitrogen and oxygen atoms in total. The molecular formula is C21H26N2O4. The highest BCUT2D eigenvalue weighted by atomic mass is 16.5. The molecule has 3 heterocycles. The molecule has 1 saturated heterocycles. The number of carbonyl (C=O) groups excluding carboxylic acids is 1. The number of carbonyl (C=O) groups is 1. The Kier molecular flexibility index (Phi) is 3.86. The van der Waals surface area contributed by atoms with Gasteiger partial charge in [0.05, 0.1) is 37.9 Å². The van der Waals surface area contributed by atoms with Crippen molar-refractivity contribution in [3.05, 3.63) is 40.7 Å². The Morgan fingerprint density at radius 3 is 2.96 bits per heavy atom. The number of aliphatic hydroxyl groups excluding tert-OH is 1. The van der Waals surface area contributed by atoms with Crippen molar-refractivity contribution >= 4 is 16.9 Å². The summed E-state index contributed by atoms with van der Waals surface area (Å²) in [6, 6.07) is 8.01. The molecule has 2 aromatic rings. The summed E-state index contributed by atoms with van der Waals surface area (Å²) in [5, 5.41) is 25.5. The number of hydrogen-bond acceptors (Lipinski definition) is 4. The lowest BCUT2D eigenvalue weighted by molar-refractivity contribution is -0.924. The predicted octanol–water partition coefficient (Wildman–Crippen LogP) is 2.66. The van der Waals surface area contributed by atoms with Gasteiger partial charge in [-0.2, -0.15) is 0 Å². The number of quaternary nitrogens is 1. The minimum Gasteiger partial charge on any atom is -0.632 e. The van der Waals surface area contributed by atoms with Crippen LogP contribution in [0.1, 0.15) is 36.6 Å². The number of H-pyrrole nitrogens is 1. The number of esters is 1. The summed E-state index contributed by atoms with van der Waals surface area (Å²) in [5.74, 6) is -0.672. The first kappa shape index (κ1) is 17.2. The number of hydrogen-bond donors (Lipinski definition) is 2. The van der Waals surface area contributed by atoms with E-state index in [9.17, 15) is 15.1 Å². The molecule has 1 aliphatic carbocycles. The summed E-state index contributed by atoms with van der Waals surface area (Å²) in [7, 11) is 1.38. The van der Waals surface area contributed by atoms with E-state index in [4.69, 9.17) is 4.74 Å². The van der Waals surface area contributed by atoms with E-state index in [0.29, 0.717) is 25.9 Å². The van der Waals surface area contributed by atoms with Gasteiger partial charge in [-0.05, 0) is 30.4 Å². The average Bonchev–Trinajstić information content (AvgIpc) is 3.05. The molecular weight excluding hydrogens is 344 g/mol. The highest BCUT2D eigenvalue weighted by Gasteiger charge is 2.53. The van der Waals surface area contributed by atoms with Crippen molar-refractivity contribution in [1.29, 1.82) is 0 Å². The van der Waals surface area contributed by atoms with Crippen LogP contribution in [0.5, 0.6) is 0 Å². The van der Waals surface area contributed by atoms with Gasteiger partial charge in [-0.3, -0.25) is 4.79 Å². The minimum atomic E-state index is -0.670. The number of nitrogens with zero attached hydrogens (tertiary/aromatic N) is 1. The number of ether oxygens (including phenoxy) is 1. The molecule has 1 aromatic carbocycles. The molecule has 0 amide bonds. The third-order valence-electron chi connectivity index (χ3n) is 7.32. The second-order valence-electron chi connectivity index (χ2n) is 8.54. The SMILES string of the molecule is COC(=O)C1C(O)CCC2C[N+]3([O-])CCc4c([nH]c5ccccc45)C3CC21. The number of nitrogens with one attached hydrogen (secondary N) is 1. The average molecular weight is 370 g/mol. The number of aromatic nitrogens is 1. The number of benzene rings is 1. The summed E-state index contributed by atoms with van der Waals surface area (Å²) in [6.07, 6.45) is 2.14. The van der Waals surface area contributed by atoms with Crippen LogP contribution >= 0.6 is 0 Å². The van der Waals surface area contributed by atoms with E-state index in [1.165, 1.54) is 18.1 Å². The van der Waals surface area contributed by atoms with Crippen LogP contribution in [0, 0.1) is 23.0 Å². The number of rotatable bonds is 1. The fourth-order valence-corrected chi connectivity index (χ4v) is 6.04. The van der Waals surface area contributed by atoms with Crippen molar-refractivity contribution in [2.24, 2.45) is 17.8 Å². The smallest absolute Gasteiger partial charge is 0.311 e. The van der Waals surface area contributed by atoms with Crippen molar-refractivity contribution in [2.75, 3.05) is 20.2 Å². The number of fused-ring (bicyclic) bond motifs is 6. The van der Waals surface area contributed by atoms with E-state index in [0.717, 1.165) is 24.1 Å². The number of methoxy groups -OCH3 is 1. The molecule has 1 saturated carbocycles. The second kappa shape index (κ2) is 6.06. The Bertz CT molecular complexity index is 893. The molecule has 0 spiro atoms. The first-order valence-corrected chi connectivity index (χ1v) is 9.95. The molecule has 144 valence electrons. The lowest BCUT2D eigenvalue weighted by Gasteiger charge is -2.59. The van der Waals surface area contributed by atoms with Gasteiger partial charge in [-0.15, -0.1) is 0 Å². The lowest BCUT2D eigenvalue weighted by atomic mass is 9.64. The van der Waals surface area contributed by atoms with Gasteiger partial charge in [0.15, 0.2) is 0 Å². The lowest BCUT2D eigenvalue weighted by Crippen LogP contribution is -2.60. The van der Waals surface area contributed by atoms with Gasteiger partial charge < -0.3 is 24.7 Å². The molecule has 3 aliphatic rings. The topological polar surface area (TPSA) is 85.4 Å². The molecule has 6 unspecified atom stereocenters. The van der Waals surface area contributed by atoms with E-state index in [1.807, 2.05) is 12.1 Å². The fourth-order valence-electron chi connectivity index (χ4n) is 6.04. The molecule has 0 radical (unpaired) electrons. The zero-order valence-electron chi connectivity index (χ0n) is 15.6. The zero-order valence-corrected chi connectivity index (χ0v) is 15.6. The van der Waals surface area contributed by atoms with Crippen LogP contribution in [0.15, 0.2) is 24.3 Å². The number of aromatic amines is 1.